The second kappa shape index (κ2) is 6.63. The van der Waals surface area contributed by atoms with Crippen molar-refractivity contribution in [1.82, 2.24) is 20.4 Å². The van der Waals surface area contributed by atoms with E-state index in [-0.39, 0.29) is 18.9 Å². The number of aromatic nitrogens is 2. The zero-order valence-electron chi connectivity index (χ0n) is 11.9. The summed E-state index contributed by atoms with van der Waals surface area (Å²) in [5.74, 6) is 0.868. The minimum absolute atomic E-state index is 0.144. The lowest BCUT2D eigenvalue weighted by Gasteiger charge is -2.27. The molecule has 0 radical (unpaired) electrons. The smallest absolute Gasteiger partial charge is 0.227 e. The Balaban J connectivity index is 2.28. The van der Waals surface area contributed by atoms with Crippen LogP contribution in [0.25, 0.3) is 0 Å². The minimum atomic E-state index is -0.944. The van der Waals surface area contributed by atoms with Gasteiger partial charge in [-0.25, -0.2) is 0 Å². The Kier molecular flexibility index (Phi) is 5.44. The molecule has 1 atom stereocenters. The lowest BCUT2D eigenvalue weighted by Crippen LogP contribution is -2.47. The molecule has 108 valence electrons. The molecule has 2 N–H and O–H groups in total. The highest BCUT2D eigenvalue weighted by molar-refractivity contribution is 5.76. The molecule has 0 saturated carbocycles. The topological polar surface area (TPSA) is 91.5 Å². The van der Waals surface area contributed by atoms with E-state index in [1.54, 1.807) is 13.8 Å². The van der Waals surface area contributed by atoms with E-state index in [0.29, 0.717) is 24.7 Å². The Labute approximate surface area is 113 Å². The monoisotopic (exact) mass is 270 g/mol. The zero-order valence-corrected chi connectivity index (χ0v) is 11.9. The normalized spacial score (nSPS) is 14.4. The first-order valence-electron chi connectivity index (χ1n) is 6.21. The standard InChI is InChI=1S/C12H22N4O3/c1-9-14-11(19-15-9)6-5-10(17)13-7-12(2,18)8-16(3)4/h18H,5-8H2,1-4H3,(H,13,17). The molecule has 0 aliphatic heterocycles. The first-order valence-corrected chi connectivity index (χ1v) is 6.21. The van der Waals surface area contributed by atoms with Gasteiger partial charge in [0, 0.05) is 25.9 Å². The molecule has 0 bridgehead atoms. The maximum atomic E-state index is 11.6. The fourth-order valence-corrected chi connectivity index (χ4v) is 1.78. The van der Waals surface area contributed by atoms with Gasteiger partial charge < -0.3 is 19.8 Å². The molecule has 0 spiro atoms. The van der Waals surface area contributed by atoms with E-state index in [0.717, 1.165) is 0 Å². The van der Waals surface area contributed by atoms with Gasteiger partial charge in [0.2, 0.25) is 11.8 Å². The zero-order chi connectivity index (χ0) is 14.5. The van der Waals surface area contributed by atoms with Crippen molar-refractivity contribution < 1.29 is 14.4 Å². The number of aryl methyl sites for hydroxylation is 2. The molecule has 7 nitrogen and oxygen atoms in total. The summed E-state index contributed by atoms with van der Waals surface area (Å²) in [4.78, 5) is 17.5. The molecule has 19 heavy (non-hydrogen) atoms. The van der Waals surface area contributed by atoms with E-state index in [9.17, 15) is 9.90 Å². The largest absolute Gasteiger partial charge is 0.387 e. The van der Waals surface area contributed by atoms with Gasteiger partial charge in [-0.05, 0) is 27.9 Å². The highest BCUT2D eigenvalue weighted by Crippen LogP contribution is 2.04. The Hall–Kier alpha value is -1.47. The fraction of sp³-hybridized carbons (Fsp3) is 0.750. The average Bonchev–Trinajstić information content (AvgIpc) is 2.68. The van der Waals surface area contributed by atoms with Crippen LogP contribution < -0.4 is 5.32 Å². The third-order valence-electron chi connectivity index (χ3n) is 2.46. The second-order valence-electron chi connectivity index (χ2n) is 5.25. The molecule has 0 fully saturated rings. The summed E-state index contributed by atoms with van der Waals surface area (Å²) in [5, 5.41) is 16.4. The van der Waals surface area contributed by atoms with Crippen LogP contribution in [-0.4, -0.2) is 58.8 Å². The Morgan fingerprint density at radius 3 is 2.74 bits per heavy atom. The Morgan fingerprint density at radius 1 is 1.53 bits per heavy atom. The molecule has 0 aromatic carbocycles. The van der Waals surface area contributed by atoms with Crippen LogP contribution in [-0.2, 0) is 11.2 Å². The van der Waals surface area contributed by atoms with Gasteiger partial charge in [0.25, 0.3) is 0 Å². The summed E-state index contributed by atoms with van der Waals surface area (Å²) in [6.07, 6.45) is 0.669. The SMILES string of the molecule is Cc1noc(CCC(=O)NCC(C)(O)CN(C)C)n1. The van der Waals surface area contributed by atoms with Crippen molar-refractivity contribution in [3.63, 3.8) is 0 Å². The summed E-state index contributed by atoms with van der Waals surface area (Å²) >= 11 is 0. The number of nitrogens with one attached hydrogen (secondary N) is 1. The molecule has 0 saturated heterocycles. The Bertz CT molecular complexity index is 415. The number of hydrogen-bond donors (Lipinski definition) is 2. The van der Waals surface area contributed by atoms with Crippen molar-refractivity contribution in [3.05, 3.63) is 11.7 Å². The molecule has 1 unspecified atom stereocenters. The number of likely N-dealkylation sites (N-methyl/N-ethyl adjacent to an activating group) is 1. The van der Waals surface area contributed by atoms with Crippen LogP contribution in [0.15, 0.2) is 4.52 Å². The third kappa shape index (κ3) is 6.30. The van der Waals surface area contributed by atoms with Crippen LogP contribution >= 0.6 is 0 Å². The fourth-order valence-electron chi connectivity index (χ4n) is 1.78. The molecular formula is C12H22N4O3. The van der Waals surface area contributed by atoms with Crippen LogP contribution in [0.5, 0.6) is 0 Å². The molecule has 1 aromatic heterocycles. The van der Waals surface area contributed by atoms with Gasteiger partial charge in [-0.3, -0.25) is 4.79 Å². The molecular weight excluding hydrogens is 248 g/mol. The van der Waals surface area contributed by atoms with Crippen LogP contribution in [0.1, 0.15) is 25.1 Å². The van der Waals surface area contributed by atoms with Gasteiger partial charge in [0.1, 0.15) is 0 Å². The summed E-state index contributed by atoms with van der Waals surface area (Å²) < 4.78 is 4.92. The highest BCUT2D eigenvalue weighted by atomic mass is 16.5. The van der Waals surface area contributed by atoms with Crippen LogP contribution in [0.2, 0.25) is 0 Å². The van der Waals surface area contributed by atoms with Gasteiger partial charge in [0.15, 0.2) is 5.82 Å². The van der Waals surface area contributed by atoms with E-state index >= 15 is 0 Å². The predicted octanol–water partition coefficient (Wildman–Crippen LogP) is -0.261. The number of carbonyl (C=O) groups excluding carboxylic acids is 1. The maximum absolute atomic E-state index is 11.6. The second-order valence-corrected chi connectivity index (χ2v) is 5.25. The number of amides is 1. The molecule has 1 amide bonds. The Morgan fingerprint density at radius 2 is 2.21 bits per heavy atom. The van der Waals surface area contributed by atoms with Crippen molar-refractivity contribution in [2.75, 3.05) is 27.2 Å². The number of aliphatic hydroxyl groups is 1. The number of nitrogens with zero attached hydrogens (tertiary/aromatic N) is 3. The summed E-state index contributed by atoms with van der Waals surface area (Å²) in [7, 11) is 3.74. The van der Waals surface area contributed by atoms with Crippen molar-refractivity contribution in [2.45, 2.75) is 32.3 Å². The molecule has 1 heterocycles. The van der Waals surface area contributed by atoms with Gasteiger partial charge >= 0.3 is 0 Å². The molecule has 1 aromatic rings. The number of hydrogen-bond acceptors (Lipinski definition) is 6. The summed E-state index contributed by atoms with van der Waals surface area (Å²) in [6.45, 7) is 4.11. The molecule has 1 rings (SSSR count). The van der Waals surface area contributed by atoms with Crippen LogP contribution in [0.3, 0.4) is 0 Å². The minimum Gasteiger partial charge on any atom is -0.387 e. The molecule has 7 heteroatoms. The van der Waals surface area contributed by atoms with Gasteiger partial charge in [-0.15, -0.1) is 0 Å². The summed E-state index contributed by atoms with van der Waals surface area (Å²) in [6, 6.07) is 0. The van der Waals surface area contributed by atoms with Crippen LogP contribution in [0.4, 0.5) is 0 Å². The number of rotatable bonds is 7. The van der Waals surface area contributed by atoms with Crippen molar-refractivity contribution in [2.24, 2.45) is 0 Å². The van der Waals surface area contributed by atoms with Gasteiger partial charge in [0.05, 0.1) is 5.60 Å². The van der Waals surface area contributed by atoms with Gasteiger partial charge in [-0.2, -0.15) is 4.98 Å². The maximum Gasteiger partial charge on any atom is 0.227 e. The summed E-state index contributed by atoms with van der Waals surface area (Å²) in [5.41, 5.74) is -0.944. The van der Waals surface area contributed by atoms with E-state index in [1.165, 1.54) is 0 Å². The third-order valence-corrected chi connectivity index (χ3v) is 2.46. The lowest BCUT2D eigenvalue weighted by atomic mass is 10.1. The van der Waals surface area contributed by atoms with E-state index in [2.05, 4.69) is 15.5 Å². The average molecular weight is 270 g/mol. The van der Waals surface area contributed by atoms with E-state index in [4.69, 9.17) is 4.52 Å². The van der Waals surface area contributed by atoms with Crippen molar-refractivity contribution >= 4 is 5.91 Å². The number of carbonyl (C=O) groups is 1. The molecule has 0 aliphatic carbocycles. The lowest BCUT2D eigenvalue weighted by molar-refractivity contribution is -0.122. The highest BCUT2D eigenvalue weighted by Gasteiger charge is 2.22. The van der Waals surface area contributed by atoms with E-state index in [1.807, 2.05) is 19.0 Å². The molecule has 0 aliphatic rings. The first-order chi connectivity index (χ1) is 8.78. The quantitative estimate of drug-likeness (QED) is 0.709. The van der Waals surface area contributed by atoms with Crippen molar-refractivity contribution in [1.29, 1.82) is 0 Å². The van der Waals surface area contributed by atoms with Crippen molar-refractivity contribution in [3.8, 4) is 0 Å². The van der Waals surface area contributed by atoms with Gasteiger partial charge in [-0.1, -0.05) is 5.16 Å². The van der Waals surface area contributed by atoms with Crippen LogP contribution in [0, 0.1) is 6.92 Å². The predicted molar refractivity (Wildman–Crippen MR) is 69.5 cm³/mol. The first kappa shape index (κ1) is 15.6. The van der Waals surface area contributed by atoms with E-state index < -0.39 is 5.60 Å².